The number of hydrogen-bond donors (Lipinski definition) is 0. The molecule has 4 rings (SSSR count). The van der Waals surface area contributed by atoms with Crippen LogP contribution in [0.1, 0.15) is 30.0 Å². The largest absolute Gasteiger partial charge is 0.417 e. The van der Waals surface area contributed by atoms with E-state index in [0.29, 0.717) is 11.4 Å². The molecular weight excluding hydrogens is 297 g/mol. The summed E-state index contributed by atoms with van der Waals surface area (Å²) in [6, 6.07) is 2.63. The molecule has 1 fully saturated rings. The van der Waals surface area contributed by atoms with Crippen molar-refractivity contribution >= 4 is 11.1 Å². The fraction of sp³-hybridized carbons (Fsp3) is 0.357. The third-order valence-electron chi connectivity index (χ3n) is 3.72. The van der Waals surface area contributed by atoms with E-state index in [4.69, 9.17) is 4.52 Å². The third kappa shape index (κ3) is 2.06. The first kappa shape index (κ1) is 13.3. The maximum absolute atomic E-state index is 13.4. The van der Waals surface area contributed by atoms with Crippen LogP contribution in [0, 0.1) is 0 Å². The molecule has 5 nitrogen and oxygen atoms in total. The minimum absolute atomic E-state index is 0.0188. The first-order valence-corrected chi connectivity index (χ1v) is 6.81. The summed E-state index contributed by atoms with van der Waals surface area (Å²) in [4.78, 5) is 4.16. The Bertz CT molecular complexity index is 861. The van der Waals surface area contributed by atoms with Crippen LogP contribution in [0.15, 0.2) is 22.9 Å². The lowest BCUT2D eigenvalue weighted by Crippen LogP contribution is -2.07. The molecule has 1 saturated carbocycles. The number of fused-ring (bicyclic) bond motifs is 1. The van der Waals surface area contributed by atoms with Gasteiger partial charge in [-0.2, -0.15) is 18.3 Å². The van der Waals surface area contributed by atoms with Crippen LogP contribution >= 0.6 is 0 Å². The van der Waals surface area contributed by atoms with E-state index in [1.54, 1.807) is 19.3 Å². The maximum atomic E-state index is 13.4. The molecule has 0 atom stereocenters. The van der Waals surface area contributed by atoms with Crippen LogP contribution in [0.2, 0.25) is 0 Å². The Morgan fingerprint density at radius 1 is 1.27 bits per heavy atom. The van der Waals surface area contributed by atoms with Crippen molar-refractivity contribution in [1.82, 2.24) is 19.9 Å². The van der Waals surface area contributed by atoms with Crippen molar-refractivity contribution in [3.63, 3.8) is 0 Å². The lowest BCUT2D eigenvalue weighted by Gasteiger charge is -2.09. The van der Waals surface area contributed by atoms with Crippen LogP contribution in [0.25, 0.3) is 22.5 Å². The Morgan fingerprint density at radius 3 is 2.64 bits per heavy atom. The van der Waals surface area contributed by atoms with Gasteiger partial charge in [0.15, 0.2) is 0 Å². The highest BCUT2D eigenvalue weighted by Crippen LogP contribution is 2.46. The van der Waals surface area contributed by atoms with Crippen molar-refractivity contribution in [1.29, 1.82) is 0 Å². The van der Waals surface area contributed by atoms with Crippen molar-refractivity contribution in [2.24, 2.45) is 7.05 Å². The van der Waals surface area contributed by atoms with Crippen molar-refractivity contribution in [2.45, 2.75) is 24.9 Å². The number of pyridine rings is 1. The zero-order valence-corrected chi connectivity index (χ0v) is 11.6. The highest BCUT2D eigenvalue weighted by atomic mass is 19.4. The summed E-state index contributed by atoms with van der Waals surface area (Å²) in [7, 11) is 1.69. The van der Waals surface area contributed by atoms with E-state index in [9.17, 15) is 13.2 Å². The highest BCUT2D eigenvalue weighted by molar-refractivity contribution is 5.84. The molecule has 3 aromatic heterocycles. The third-order valence-corrected chi connectivity index (χ3v) is 3.72. The molecule has 0 unspecified atom stereocenters. The van der Waals surface area contributed by atoms with E-state index in [2.05, 4.69) is 15.2 Å². The minimum atomic E-state index is -4.50. The molecule has 0 bridgehead atoms. The summed E-state index contributed by atoms with van der Waals surface area (Å²) in [5.74, 6) is 0.0462. The summed E-state index contributed by atoms with van der Waals surface area (Å²) < 4.78 is 46.9. The summed E-state index contributed by atoms with van der Waals surface area (Å²) >= 11 is 0. The summed E-state index contributed by atoms with van der Waals surface area (Å²) in [5.41, 5.74) is -0.000675. The predicted octanol–water partition coefficient (Wildman–Crippen LogP) is 3.52. The van der Waals surface area contributed by atoms with Crippen LogP contribution in [0.3, 0.4) is 0 Å². The molecule has 8 heteroatoms. The summed E-state index contributed by atoms with van der Waals surface area (Å²) in [6.45, 7) is 0. The summed E-state index contributed by atoms with van der Waals surface area (Å²) in [6.07, 6.45) is -1.19. The summed E-state index contributed by atoms with van der Waals surface area (Å²) in [5, 5.41) is 7.88. The Kier molecular flexibility index (Phi) is 2.60. The Hall–Kier alpha value is -2.38. The molecule has 3 aromatic rings. The van der Waals surface area contributed by atoms with Gasteiger partial charge in [-0.3, -0.25) is 4.68 Å². The van der Waals surface area contributed by atoms with E-state index >= 15 is 0 Å². The van der Waals surface area contributed by atoms with Crippen LogP contribution in [0.5, 0.6) is 0 Å². The zero-order valence-electron chi connectivity index (χ0n) is 11.6. The predicted molar refractivity (Wildman–Crippen MR) is 71.0 cm³/mol. The molecule has 0 radical (unpaired) electrons. The van der Waals surface area contributed by atoms with Gasteiger partial charge in [-0.1, -0.05) is 5.16 Å². The van der Waals surface area contributed by atoms with Gasteiger partial charge >= 0.3 is 6.18 Å². The second-order valence-corrected chi connectivity index (χ2v) is 5.45. The van der Waals surface area contributed by atoms with Crippen LogP contribution in [-0.2, 0) is 13.2 Å². The normalized spacial score (nSPS) is 15.6. The van der Waals surface area contributed by atoms with Crippen molar-refractivity contribution in [2.75, 3.05) is 0 Å². The Morgan fingerprint density at radius 2 is 2.05 bits per heavy atom. The van der Waals surface area contributed by atoms with Crippen molar-refractivity contribution in [3.05, 3.63) is 29.6 Å². The minimum Gasteiger partial charge on any atom is -0.335 e. The quantitative estimate of drug-likeness (QED) is 0.727. The number of alkyl halides is 3. The van der Waals surface area contributed by atoms with Crippen molar-refractivity contribution < 1.29 is 17.7 Å². The molecule has 0 aliphatic heterocycles. The Balaban J connectivity index is 1.98. The lowest BCUT2D eigenvalue weighted by atomic mass is 10.1. The Labute approximate surface area is 122 Å². The average molecular weight is 308 g/mol. The van der Waals surface area contributed by atoms with E-state index in [1.807, 2.05) is 0 Å². The van der Waals surface area contributed by atoms with Gasteiger partial charge in [0, 0.05) is 19.2 Å². The van der Waals surface area contributed by atoms with Crippen molar-refractivity contribution in [3.8, 4) is 11.4 Å². The highest BCUT2D eigenvalue weighted by Gasteiger charge is 2.39. The molecule has 1 aliphatic rings. The topological polar surface area (TPSA) is 56.7 Å². The smallest absolute Gasteiger partial charge is 0.335 e. The number of nitrogens with zero attached hydrogens (tertiary/aromatic N) is 4. The number of rotatable bonds is 2. The molecular formula is C14H11F3N4O. The number of halogens is 3. The van der Waals surface area contributed by atoms with E-state index in [1.165, 1.54) is 4.68 Å². The lowest BCUT2D eigenvalue weighted by molar-refractivity contribution is -0.136. The SMILES string of the molecule is Cn1ccc(-c2cc(C(F)(F)F)c3c(C4CC4)noc3n2)n1. The molecule has 0 saturated heterocycles. The van der Waals surface area contributed by atoms with Gasteiger partial charge < -0.3 is 4.52 Å². The molecule has 114 valence electrons. The second-order valence-electron chi connectivity index (χ2n) is 5.45. The fourth-order valence-electron chi connectivity index (χ4n) is 2.52. The van der Waals surface area contributed by atoms with Crippen LogP contribution in [0.4, 0.5) is 13.2 Å². The average Bonchev–Trinajstić information content (AvgIpc) is 3.05. The van der Waals surface area contributed by atoms with Gasteiger partial charge in [0.25, 0.3) is 5.71 Å². The van der Waals surface area contributed by atoms with Gasteiger partial charge in [0.05, 0.1) is 22.3 Å². The van der Waals surface area contributed by atoms with Gasteiger partial charge in [-0.15, -0.1) is 0 Å². The monoisotopic (exact) mass is 308 g/mol. The second kappa shape index (κ2) is 4.31. The molecule has 0 aromatic carbocycles. The van der Waals surface area contributed by atoms with E-state index < -0.39 is 11.7 Å². The van der Waals surface area contributed by atoms with Crippen LogP contribution in [-0.4, -0.2) is 19.9 Å². The van der Waals surface area contributed by atoms with Crippen LogP contribution < -0.4 is 0 Å². The molecule has 22 heavy (non-hydrogen) atoms. The fourth-order valence-corrected chi connectivity index (χ4v) is 2.52. The molecule has 0 N–H and O–H groups in total. The number of aryl methyl sites for hydroxylation is 1. The first-order valence-electron chi connectivity index (χ1n) is 6.81. The molecule has 3 heterocycles. The standard InChI is InChI=1S/C14H11F3N4O/c1-21-5-4-9(19-21)10-6-8(14(15,16)17)11-12(7-2-3-7)20-22-13(11)18-10/h4-7H,2-3H2,1H3. The number of hydrogen-bond acceptors (Lipinski definition) is 4. The molecule has 0 amide bonds. The maximum Gasteiger partial charge on any atom is 0.417 e. The molecule has 0 spiro atoms. The number of aromatic nitrogens is 4. The van der Waals surface area contributed by atoms with Gasteiger partial charge in [-0.25, -0.2) is 4.98 Å². The van der Waals surface area contributed by atoms with Gasteiger partial charge in [-0.05, 0) is 25.0 Å². The molecule has 1 aliphatic carbocycles. The van der Waals surface area contributed by atoms with E-state index in [0.717, 1.165) is 18.9 Å². The van der Waals surface area contributed by atoms with E-state index in [-0.39, 0.29) is 22.7 Å². The first-order chi connectivity index (χ1) is 10.4. The van der Waals surface area contributed by atoms with Gasteiger partial charge in [0.1, 0.15) is 5.69 Å². The van der Waals surface area contributed by atoms with Gasteiger partial charge in [0.2, 0.25) is 0 Å². The zero-order chi connectivity index (χ0) is 15.5.